The van der Waals surface area contributed by atoms with E-state index in [1.54, 1.807) is 10.9 Å². The van der Waals surface area contributed by atoms with E-state index in [0.29, 0.717) is 19.6 Å². The Morgan fingerprint density at radius 3 is 2.50 bits per heavy atom. The third-order valence-electron chi connectivity index (χ3n) is 2.93. The fourth-order valence-corrected chi connectivity index (χ4v) is 3.69. The Kier molecular flexibility index (Phi) is 6.16. The van der Waals surface area contributed by atoms with Crippen molar-refractivity contribution in [1.82, 2.24) is 14.1 Å². The lowest BCUT2D eigenvalue weighted by Crippen LogP contribution is -2.39. The van der Waals surface area contributed by atoms with Crippen LogP contribution in [-0.2, 0) is 16.6 Å². The van der Waals surface area contributed by atoms with Crippen molar-refractivity contribution in [2.75, 3.05) is 13.1 Å². The SMILES string of the molecule is CC(C)CN(C(C)C)S(=O)(=O)c1cnn(CCCN)c1. The summed E-state index contributed by atoms with van der Waals surface area (Å²) in [5, 5.41) is 4.10. The predicted molar refractivity (Wildman–Crippen MR) is 79.8 cm³/mol. The van der Waals surface area contributed by atoms with E-state index >= 15 is 0 Å². The molecule has 0 aliphatic rings. The fourth-order valence-electron chi connectivity index (χ4n) is 1.94. The Morgan fingerprint density at radius 1 is 1.35 bits per heavy atom. The highest BCUT2D eigenvalue weighted by Gasteiger charge is 2.28. The van der Waals surface area contributed by atoms with Crippen LogP contribution in [0.2, 0.25) is 0 Å². The van der Waals surface area contributed by atoms with Crippen LogP contribution in [0.4, 0.5) is 0 Å². The maximum Gasteiger partial charge on any atom is 0.246 e. The molecule has 1 aromatic rings. The van der Waals surface area contributed by atoms with Gasteiger partial charge in [0.1, 0.15) is 4.90 Å². The molecular formula is C13H26N4O2S. The zero-order chi connectivity index (χ0) is 15.3. The van der Waals surface area contributed by atoms with Crippen LogP contribution in [0.3, 0.4) is 0 Å². The molecule has 0 aliphatic heterocycles. The van der Waals surface area contributed by atoms with Crippen LogP contribution in [0.25, 0.3) is 0 Å². The summed E-state index contributed by atoms with van der Waals surface area (Å²) < 4.78 is 28.5. The van der Waals surface area contributed by atoms with Gasteiger partial charge >= 0.3 is 0 Å². The molecule has 0 spiro atoms. The van der Waals surface area contributed by atoms with Crippen LogP contribution in [0.5, 0.6) is 0 Å². The number of nitrogens with two attached hydrogens (primary N) is 1. The molecule has 1 aromatic heterocycles. The maximum atomic E-state index is 12.6. The van der Waals surface area contributed by atoms with Crippen LogP contribution in [0.15, 0.2) is 17.3 Å². The summed E-state index contributed by atoms with van der Waals surface area (Å²) in [4.78, 5) is 0.254. The Morgan fingerprint density at radius 2 is 2.00 bits per heavy atom. The first-order valence-corrected chi connectivity index (χ1v) is 8.47. The molecule has 0 fully saturated rings. The second-order valence-corrected chi connectivity index (χ2v) is 7.53. The molecule has 6 nitrogen and oxygen atoms in total. The minimum absolute atomic E-state index is 0.0743. The second-order valence-electron chi connectivity index (χ2n) is 5.64. The molecule has 0 amide bonds. The quantitative estimate of drug-likeness (QED) is 0.784. The summed E-state index contributed by atoms with van der Waals surface area (Å²) in [5.41, 5.74) is 5.44. The number of aryl methyl sites for hydroxylation is 1. The lowest BCUT2D eigenvalue weighted by atomic mass is 10.2. The minimum Gasteiger partial charge on any atom is -0.330 e. The number of hydrogen-bond donors (Lipinski definition) is 1. The molecule has 0 saturated heterocycles. The van der Waals surface area contributed by atoms with E-state index in [1.165, 1.54) is 10.5 Å². The van der Waals surface area contributed by atoms with Gasteiger partial charge in [0.05, 0.1) is 6.20 Å². The smallest absolute Gasteiger partial charge is 0.246 e. The first-order valence-electron chi connectivity index (χ1n) is 7.03. The van der Waals surface area contributed by atoms with Crippen LogP contribution in [0, 0.1) is 5.92 Å². The van der Waals surface area contributed by atoms with Gasteiger partial charge in [-0.15, -0.1) is 0 Å². The Hall–Kier alpha value is -0.920. The number of hydrogen-bond acceptors (Lipinski definition) is 4. The molecule has 116 valence electrons. The first-order chi connectivity index (χ1) is 9.28. The number of rotatable bonds is 8. The summed E-state index contributed by atoms with van der Waals surface area (Å²) in [6, 6.07) is -0.0743. The molecule has 0 saturated carbocycles. The van der Waals surface area contributed by atoms with Gasteiger partial charge in [0.25, 0.3) is 0 Å². The molecule has 1 rings (SSSR count). The van der Waals surface area contributed by atoms with E-state index in [0.717, 1.165) is 6.42 Å². The number of sulfonamides is 1. The fraction of sp³-hybridized carbons (Fsp3) is 0.769. The predicted octanol–water partition coefficient (Wildman–Crippen LogP) is 1.29. The molecule has 0 bridgehead atoms. The lowest BCUT2D eigenvalue weighted by Gasteiger charge is -2.26. The van der Waals surface area contributed by atoms with Crippen molar-refractivity contribution in [2.45, 2.75) is 51.6 Å². The van der Waals surface area contributed by atoms with Crippen LogP contribution in [0.1, 0.15) is 34.1 Å². The molecular weight excluding hydrogens is 276 g/mol. The molecule has 0 radical (unpaired) electrons. The summed E-state index contributed by atoms with van der Waals surface area (Å²) >= 11 is 0. The molecule has 0 aliphatic carbocycles. The van der Waals surface area contributed by atoms with Crippen molar-refractivity contribution in [1.29, 1.82) is 0 Å². The van der Waals surface area contributed by atoms with Crippen molar-refractivity contribution in [3.63, 3.8) is 0 Å². The van der Waals surface area contributed by atoms with Crippen molar-refractivity contribution < 1.29 is 8.42 Å². The molecule has 1 heterocycles. The van der Waals surface area contributed by atoms with Crippen LogP contribution >= 0.6 is 0 Å². The molecule has 0 aromatic carbocycles. The average molecular weight is 302 g/mol. The van der Waals surface area contributed by atoms with Crippen molar-refractivity contribution >= 4 is 10.0 Å². The zero-order valence-electron chi connectivity index (χ0n) is 12.8. The Bertz CT molecular complexity index is 508. The monoisotopic (exact) mass is 302 g/mol. The Balaban J connectivity index is 2.98. The van der Waals surface area contributed by atoms with E-state index in [-0.39, 0.29) is 16.9 Å². The number of nitrogens with zero attached hydrogens (tertiary/aromatic N) is 3. The van der Waals surface area contributed by atoms with E-state index in [1.807, 2.05) is 27.7 Å². The molecule has 0 unspecified atom stereocenters. The molecule has 2 N–H and O–H groups in total. The van der Waals surface area contributed by atoms with Gasteiger partial charge in [-0.3, -0.25) is 4.68 Å². The van der Waals surface area contributed by atoms with Gasteiger partial charge in [0, 0.05) is 25.3 Å². The van der Waals surface area contributed by atoms with Gasteiger partial charge in [-0.25, -0.2) is 8.42 Å². The molecule has 7 heteroatoms. The lowest BCUT2D eigenvalue weighted by molar-refractivity contribution is 0.319. The maximum absolute atomic E-state index is 12.6. The summed E-state index contributed by atoms with van der Waals surface area (Å²) in [7, 11) is -3.48. The van der Waals surface area contributed by atoms with E-state index in [9.17, 15) is 8.42 Å². The van der Waals surface area contributed by atoms with Gasteiger partial charge in [-0.05, 0) is 32.7 Å². The number of aromatic nitrogens is 2. The highest BCUT2D eigenvalue weighted by molar-refractivity contribution is 7.89. The normalized spacial score (nSPS) is 12.8. The molecule has 20 heavy (non-hydrogen) atoms. The summed E-state index contributed by atoms with van der Waals surface area (Å²) in [5.74, 6) is 0.277. The van der Waals surface area contributed by atoms with Crippen molar-refractivity contribution in [3.8, 4) is 0 Å². The second kappa shape index (κ2) is 7.19. The third kappa shape index (κ3) is 4.29. The highest BCUT2D eigenvalue weighted by atomic mass is 32.2. The van der Waals surface area contributed by atoms with Gasteiger partial charge in [0.15, 0.2) is 0 Å². The van der Waals surface area contributed by atoms with Crippen LogP contribution < -0.4 is 5.73 Å². The van der Waals surface area contributed by atoms with Gasteiger partial charge in [0.2, 0.25) is 10.0 Å². The summed E-state index contributed by atoms with van der Waals surface area (Å²) in [6.07, 6.45) is 3.78. The Labute approximate surface area is 122 Å². The largest absolute Gasteiger partial charge is 0.330 e. The van der Waals surface area contributed by atoms with Gasteiger partial charge in [-0.2, -0.15) is 9.40 Å². The minimum atomic E-state index is -3.48. The van der Waals surface area contributed by atoms with E-state index in [4.69, 9.17) is 5.73 Å². The standard InChI is InChI=1S/C13H26N4O2S/c1-11(2)9-17(12(3)4)20(18,19)13-8-15-16(10-13)7-5-6-14/h8,10-12H,5-7,9,14H2,1-4H3. The third-order valence-corrected chi connectivity index (χ3v) is 4.92. The topological polar surface area (TPSA) is 81.2 Å². The van der Waals surface area contributed by atoms with E-state index < -0.39 is 10.0 Å². The van der Waals surface area contributed by atoms with E-state index in [2.05, 4.69) is 5.10 Å². The summed E-state index contributed by atoms with van der Waals surface area (Å²) in [6.45, 7) is 9.50. The van der Waals surface area contributed by atoms with Crippen molar-refractivity contribution in [3.05, 3.63) is 12.4 Å². The zero-order valence-corrected chi connectivity index (χ0v) is 13.6. The van der Waals surface area contributed by atoms with Crippen molar-refractivity contribution in [2.24, 2.45) is 11.7 Å². The van der Waals surface area contributed by atoms with Gasteiger partial charge < -0.3 is 5.73 Å². The average Bonchev–Trinajstić information content (AvgIpc) is 2.82. The highest BCUT2D eigenvalue weighted by Crippen LogP contribution is 2.19. The van der Waals surface area contributed by atoms with Gasteiger partial charge in [-0.1, -0.05) is 13.8 Å². The molecule has 0 atom stereocenters. The van der Waals surface area contributed by atoms with Crippen LogP contribution in [-0.4, -0.2) is 41.6 Å². The first kappa shape index (κ1) is 17.1.